The van der Waals surface area contributed by atoms with Crippen molar-refractivity contribution < 1.29 is 4.92 Å². The summed E-state index contributed by atoms with van der Waals surface area (Å²) in [5, 5.41) is 11.5. The van der Waals surface area contributed by atoms with Crippen molar-refractivity contribution >= 4 is 32.9 Å². The van der Waals surface area contributed by atoms with Gasteiger partial charge in [0.05, 0.1) is 15.1 Å². The quantitative estimate of drug-likeness (QED) is 0.696. The summed E-state index contributed by atoms with van der Waals surface area (Å²) in [5.74, 6) is 0.942. The highest BCUT2D eigenvalue weighted by atomic mass is 32.1. The summed E-state index contributed by atoms with van der Waals surface area (Å²) in [6.07, 6.45) is 1.01. The molecular weight excluding hydrogens is 288 g/mol. The van der Waals surface area contributed by atoms with Crippen LogP contribution in [-0.2, 0) is 0 Å². The predicted octanol–water partition coefficient (Wildman–Crippen LogP) is 2.63. The highest BCUT2D eigenvalue weighted by Gasteiger charge is 2.30. The molecule has 1 aromatic heterocycles. The third-order valence-corrected chi connectivity index (χ3v) is 5.19. The Balaban J connectivity index is 2.03. The third kappa shape index (κ3) is 2.47. The van der Waals surface area contributed by atoms with Crippen LogP contribution >= 0.6 is 11.3 Å². The first-order chi connectivity index (χ1) is 10.1. The number of fused-ring (bicyclic) bond motifs is 1. The maximum absolute atomic E-state index is 11.5. The van der Waals surface area contributed by atoms with Crippen LogP contribution in [0.4, 0.5) is 11.4 Å². The molecule has 2 unspecified atom stereocenters. The van der Waals surface area contributed by atoms with Crippen LogP contribution in [0, 0.1) is 22.0 Å². The number of piperidine rings is 1. The average Bonchev–Trinajstić information content (AvgIpc) is 2.94. The number of rotatable bonds is 3. The third-order valence-electron chi connectivity index (χ3n) is 4.39. The Hall–Kier alpha value is -1.73. The zero-order valence-corrected chi connectivity index (χ0v) is 12.7. The van der Waals surface area contributed by atoms with Crippen molar-refractivity contribution in [1.29, 1.82) is 0 Å². The van der Waals surface area contributed by atoms with Gasteiger partial charge in [0.2, 0.25) is 0 Å². The number of hydrogen-bond donors (Lipinski definition) is 1. The molecule has 0 spiro atoms. The zero-order valence-electron chi connectivity index (χ0n) is 11.9. The minimum Gasteiger partial charge on any atom is -0.366 e. The van der Waals surface area contributed by atoms with E-state index in [2.05, 4.69) is 16.8 Å². The van der Waals surface area contributed by atoms with E-state index in [0.29, 0.717) is 29.6 Å². The summed E-state index contributed by atoms with van der Waals surface area (Å²) >= 11 is 1.43. The summed E-state index contributed by atoms with van der Waals surface area (Å²) in [7, 11) is 0. The first-order valence-corrected chi connectivity index (χ1v) is 7.95. The van der Waals surface area contributed by atoms with Crippen LogP contribution in [-0.4, -0.2) is 29.5 Å². The van der Waals surface area contributed by atoms with Gasteiger partial charge in [-0.1, -0.05) is 6.92 Å². The van der Waals surface area contributed by atoms with Crippen molar-refractivity contribution in [2.75, 3.05) is 24.5 Å². The van der Waals surface area contributed by atoms with E-state index in [9.17, 15) is 10.1 Å². The highest BCUT2D eigenvalue weighted by molar-refractivity contribution is 7.16. The van der Waals surface area contributed by atoms with Gasteiger partial charge in [-0.2, -0.15) is 0 Å². The van der Waals surface area contributed by atoms with Crippen LogP contribution in [0.15, 0.2) is 17.6 Å². The van der Waals surface area contributed by atoms with Crippen molar-refractivity contribution in [3.05, 3.63) is 27.8 Å². The number of benzene rings is 1. The van der Waals surface area contributed by atoms with Crippen LogP contribution < -0.4 is 10.6 Å². The molecule has 7 heteroatoms. The molecule has 0 saturated carbocycles. The fraction of sp³-hybridized carbons (Fsp3) is 0.500. The molecular formula is C14H18N4O2S. The number of aromatic nitrogens is 1. The smallest absolute Gasteiger partial charge is 0.319 e. The van der Waals surface area contributed by atoms with Gasteiger partial charge in [-0.25, -0.2) is 4.98 Å². The normalized spacial score (nSPS) is 22.7. The van der Waals surface area contributed by atoms with Gasteiger partial charge in [0.25, 0.3) is 0 Å². The molecule has 0 radical (unpaired) electrons. The van der Waals surface area contributed by atoms with Gasteiger partial charge < -0.3 is 10.6 Å². The number of hydrogen-bond acceptors (Lipinski definition) is 6. The number of nitro benzene ring substituents is 1. The van der Waals surface area contributed by atoms with Crippen molar-refractivity contribution in [3.8, 4) is 0 Å². The lowest BCUT2D eigenvalue weighted by molar-refractivity contribution is -0.382. The standard InChI is InChI=1S/C14H18N4O2S/c1-9-4-5-17(7-10(9)6-15)11-2-3-12-13(16-8-21-12)14(11)18(19)20/h2-3,8-10H,4-7,15H2,1H3. The number of nitro groups is 1. The largest absolute Gasteiger partial charge is 0.366 e. The molecule has 0 amide bonds. The van der Waals surface area contributed by atoms with Crippen LogP contribution in [0.5, 0.6) is 0 Å². The summed E-state index contributed by atoms with van der Waals surface area (Å²) in [6, 6.07) is 3.77. The molecule has 1 aliphatic heterocycles. The molecule has 112 valence electrons. The molecule has 6 nitrogen and oxygen atoms in total. The molecule has 1 saturated heterocycles. The zero-order chi connectivity index (χ0) is 15.0. The SMILES string of the molecule is CC1CCN(c2ccc3scnc3c2[N+](=O)[O-])CC1CN. The van der Waals surface area contributed by atoms with Gasteiger partial charge in [-0.15, -0.1) is 11.3 Å². The van der Waals surface area contributed by atoms with Crippen LogP contribution in [0.2, 0.25) is 0 Å². The lowest BCUT2D eigenvalue weighted by atomic mass is 9.87. The lowest BCUT2D eigenvalue weighted by Gasteiger charge is -2.37. The monoisotopic (exact) mass is 306 g/mol. The molecule has 2 N–H and O–H groups in total. The molecule has 1 aromatic carbocycles. The molecule has 2 heterocycles. The van der Waals surface area contributed by atoms with Gasteiger partial charge in [0, 0.05) is 13.1 Å². The summed E-state index contributed by atoms with van der Waals surface area (Å²) < 4.78 is 0.853. The second kappa shape index (κ2) is 5.57. The molecule has 1 fully saturated rings. The lowest BCUT2D eigenvalue weighted by Crippen LogP contribution is -2.42. The van der Waals surface area contributed by atoms with Crippen molar-refractivity contribution in [1.82, 2.24) is 4.98 Å². The van der Waals surface area contributed by atoms with Crippen LogP contribution in [0.3, 0.4) is 0 Å². The van der Waals surface area contributed by atoms with Crippen molar-refractivity contribution in [3.63, 3.8) is 0 Å². The van der Waals surface area contributed by atoms with Crippen molar-refractivity contribution in [2.24, 2.45) is 17.6 Å². The maximum atomic E-state index is 11.5. The summed E-state index contributed by atoms with van der Waals surface area (Å²) in [6.45, 7) is 4.42. The maximum Gasteiger partial charge on any atom is 0.319 e. The second-order valence-corrected chi connectivity index (χ2v) is 6.48. The van der Waals surface area contributed by atoms with Crippen LogP contribution in [0.1, 0.15) is 13.3 Å². The molecule has 0 bridgehead atoms. The number of nitrogens with two attached hydrogens (primary N) is 1. The minimum absolute atomic E-state index is 0.124. The van der Waals surface area contributed by atoms with Gasteiger partial charge in [0.1, 0.15) is 5.69 Å². The van der Waals surface area contributed by atoms with Gasteiger partial charge >= 0.3 is 5.69 Å². The molecule has 2 atom stereocenters. The summed E-state index contributed by atoms with van der Waals surface area (Å²) in [4.78, 5) is 17.5. The number of thiazole rings is 1. The first-order valence-electron chi connectivity index (χ1n) is 7.07. The van der Waals surface area contributed by atoms with E-state index < -0.39 is 0 Å². The van der Waals surface area contributed by atoms with E-state index >= 15 is 0 Å². The van der Waals surface area contributed by atoms with E-state index in [4.69, 9.17) is 5.73 Å². The number of nitrogens with zero attached hydrogens (tertiary/aromatic N) is 3. The van der Waals surface area contributed by atoms with Crippen LogP contribution in [0.25, 0.3) is 10.2 Å². The van der Waals surface area contributed by atoms with Gasteiger partial charge in [0.15, 0.2) is 5.52 Å². The second-order valence-electron chi connectivity index (χ2n) is 5.60. The highest BCUT2D eigenvalue weighted by Crippen LogP contribution is 2.38. The molecule has 3 rings (SSSR count). The van der Waals surface area contributed by atoms with E-state index in [0.717, 1.165) is 24.2 Å². The Morgan fingerprint density at radius 3 is 3.10 bits per heavy atom. The van der Waals surface area contributed by atoms with Crippen molar-refractivity contribution in [2.45, 2.75) is 13.3 Å². The average molecular weight is 306 g/mol. The number of anilines is 1. The Labute approximate surface area is 126 Å². The predicted molar refractivity (Wildman–Crippen MR) is 84.8 cm³/mol. The molecule has 1 aliphatic rings. The fourth-order valence-corrected chi connectivity index (χ4v) is 3.70. The van der Waals surface area contributed by atoms with Gasteiger partial charge in [-0.05, 0) is 36.9 Å². The van der Waals surface area contributed by atoms with E-state index in [1.165, 1.54) is 11.3 Å². The molecule has 0 aliphatic carbocycles. The van der Waals surface area contributed by atoms with E-state index in [-0.39, 0.29) is 10.6 Å². The Bertz CT molecular complexity index is 672. The fourth-order valence-electron chi connectivity index (χ4n) is 3.02. The Morgan fingerprint density at radius 2 is 2.38 bits per heavy atom. The topological polar surface area (TPSA) is 85.3 Å². The van der Waals surface area contributed by atoms with E-state index in [1.807, 2.05) is 12.1 Å². The minimum atomic E-state index is -0.313. The first kappa shape index (κ1) is 14.2. The van der Waals surface area contributed by atoms with Gasteiger partial charge in [-0.3, -0.25) is 10.1 Å². The van der Waals surface area contributed by atoms with E-state index in [1.54, 1.807) is 5.51 Å². The Morgan fingerprint density at radius 1 is 1.57 bits per heavy atom. The molecule has 21 heavy (non-hydrogen) atoms. The molecule has 2 aromatic rings. The summed E-state index contributed by atoms with van der Waals surface area (Å²) in [5.41, 5.74) is 8.78. The Kier molecular flexibility index (Phi) is 3.77.